The number of ether oxygens (including phenoxy) is 1. The van der Waals surface area contributed by atoms with E-state index in [4.69, 9.17) is 21.9 Å². The van der Waals surface area contributed by atoms with E-state index in [0.29, 0.717) is 20.6 Å². The minimum Gasteiger partial charge on any atom is -0.438 e. The summed E-state index contributed by atoms with van der Waals surface area (Å²) in [6, 6.07) is 9.62. The molecule has 3 heterocycles. The fourth-order valence-electron chi connectivity index (χ4n) is 3.86. The number of rotatable bonds is 5. The van der Waals surface area contributed by atoms with Gasteiger partial charge in [0.05, 0.1) is 4.91 Å². The molecule has 0 spiro atoms. The van der Waals surface area contributed by atoms with Crippen molar-refractivity contribution in [2.24, 2.45) is 0 Å². The first-order valence-electron chi connectivity index (χ1n) is 11.2. The summed E-state index contributed by atoms with van der Waals surface area (Å²) in [5.41, 5.74) is 3.30. The van der Waals surface area contributed by atoms with Gasteiger partial charge in [0, 0.05) is 12.2 Å². The second kappa shape index (κ2) is 9.35. The summed E-state index contributed by atoms with van der Waals surface area (Å²) in [5.74, 6) is 0.804. The summed E-state index contributed by atoms with van der Waals surface area (Å²) >= 11 is 6.59. The van der Waals surface area contributed by atoms with Crippen molar-refractivity contribution in [3.8, 4) is 11.6 Å². The van der Waals surface area contributed by atoms with Gasteiger partial charge in [0.1, 0.15) is 21.3 Å². The van der Waals surface area contributed by atoms with E-state index in [1.54, 1.807) is 23.2 Å². The lowest BCUT2D eigenvalue weighted by Crippen LogP contribution is -2.34. The largest absolute Gasteiger partial charge is 0.438 e. The molecule has 0 N–H and O–H groups in total. The van der Waals surface area contributed by atoms with Crippen LogP contribution in [0.3, 0.4) is 0 Å². The number of aryl methyl sites for hydroxylation is 2. The zero-order valence-electron chi connectivity index (χ0n) is 20.1. The van der Waals surface area contributed by atoms with Crippen molar-refractivity contribution in [2.75, 3.05) is 0 Å². The van der Waals surface area contributed by atoms with Gasteiger partial charge in [0.2, 0.25) is 5.88 Å². The number of hydrogen-bond acceptors (Lipinski definition) is 6. The fourth-order valence-corrected chi connectivity index (χ4v) is 5.37. The predicted octanol–water partition coefficient (Wildman–Crippen LogP) is 5.84. The Hall–Kier alpha value is -2.97. The number of carbonyl (C=O) groups excluding carboxylic acids is 1. The van der Waals surface area contributed by atoms with E-state index in [1.165, 1.54) is 16.2 Å². The Morgan fingerprint density at radius 3 is 2.50 bits per heavy atom. The Balaban J connectivity index is 1.94. The van der Waals surface area contributed by atoms with Crippen LogP contribution in [0.5, 0.6) is 11.6 Å². The maximum Gasteiger partial charge on any atom is 0.269 e. The van der Waals surface area contributed by atoms with Crippen molar-refractivity contribution in [3.05, 3.63) is 74.0 Å². The lowest BCUT2D eigenvalue weighted by molar-refractivity contribution is -0.123. The number of nitrogens with zero attached hydrogens (tertiary/aromatic N) is 3. The van der Waals surface area contributed by atoms with E-state index in [2.05, 4.69) is 13.8 Å². The third kappa shape index (κ3) is 4.40. The molecule has 8 heteroatoms. The third-order valence-electron chi connectivity index (χ3n) is 5.66. The summed E-state index contributed by atoms with van der Waals surface area (Å²) in [6.45, 7) is 11.9. The Labute approximate surface area is 208 Å². The maximum atomic E-state index is 13.6. The second-order valence-corrected chi connectivity index (χ2v) is 10.6. The van der Waals surface area contributed by atoms with Gasteiger partial charge in [0.25, 0.3) is 11.5 Å². The zero-order chi connectivity index (χ0) is 24.7. The van der Waals surface area contributed by atoms with Gasteiger partial charge in [-0.25, -0.2) is 0 Å². The first kappa shape index (κ1) is 24.2. The molecule has 1 amide bonds. The molecule has 3 aromatic rings. The number of carbonyl (C=O) groups is 1. The van der Waals surface area contributed by atoms with Crippen LogP contribution in [-0.2, 0) is 4.79 Å². The molecule has 1 aromatic carbocycles. The van der Waals surface area contributed by atoms with Crippen molar-refractivity contribution in [1.29, 1.82) is 0 Å². The number of aromatic nitrogens is 2. The highest BCUT2D eigenvalue weighted by atomic mass is 32.2. The molecule has 1 saturated heterocycles. The molecule has 1 aliphatic rings. The Morgan fingerprint density at radius 2 is 1.85 bits per heavy atom. The molecule has 34 heavy (non-hydrogen) atoms. The molecular formula is C26H27N3O3S2. The average molecular weight is 494 g/mol. The van der Waals surface area contributed by atoms with Crippen LogP contribution in [0.1, 0.15) is 55.9 Å². The number of thiocarbonyl (C=S) groups is 1. The first-order chi connectivity index (χ1) is 16.1. The SMILES string of the molecule is Cc1ccc(C(C)C)c(Oc2nc3c(C)cccn3c(=O)c2/C=C2/SC(=S)N(C(C)C)C2=O)c1. The van der Waals surface area contributed by atoms with E-state index in [-0.39, 0.29) is 34.9 Å². The number of thioether (sulfide) groups is 1. The molecule has 1 aliphatic heterocycles. The van der Waals surface area contributed by atoms with E-state index in [1.807, 2.05) is 52.0 Å². The molecule has 4 rings (SSSR count). The third-order valence-corrected chi connectivity index (χ3v) is 6.99. The van der Waals surface area contributed by atoms with Crippen molar-refractivity contribution >= 4 is 45.9 Å². The van der Waals surface area contributed by atoms with Crippen LogP contribution in [0.15, 0.2) is 46.2 Å². The highest BCUT2D eigenvalue weighted by Crippen LogP contribution is 2.36. The van der Waals surface area contributed by atoms with Crippen LogP contribution in [0.25, 0.3) is 11.7 Å². The highest BCUT2D eigenvalue weighted by Gasteiger charge is 2.34. The van der Waals surface area contributed by atoms with Crippen LogP contribution >= 0.6 is 24.0 Å². The first-order valence-corrected chi connectivity index (χ1v) is 12.4. The molecule has 2 aromatic heterocycles. The Kier molecular flexibility index (Phi) is 6.64. The topological polar surface area (TPSA) is 63.9 Å². The van der Waals surface area contributed by atoms with Gasteiger partial charge in [-0.3, -0.25) is 18.9 Å². The molecule has 0 radical (unpaired) electrons. The summed E-state index contributed by atoms with van der Waals surface area (Å²) < 4.78 is 8.29. The van der Waals surface area contributed by atoms with Crippen molar-refractivity contribution in [1.82, 2.24) is 14.3 Å². The van der Waals surface area contributed by atoms with Crippen molar-refractivity contribution in [2.45, 2.75) is 53.5 Å². The normalized spacial score (nSPS) is 15.4. The monoisotopic (exact) mass is 493 g/mol. The average Bonchev–Trinajstić information content (AvgIpc) is 3.04. The van der Waals surface area contributed by atoms with Crippen molar-refractivity contribution in [3.63, 3.8) is 0 Å². The highest BCUT2D eigenvalue weighted by molar-refractivity contribution is 8.26. The van der Waals surface area contributed by atoms with Crippen molar-refractivity contribution < 1.29 is 9.53 Å². The van der Waals surface area contributed by atoms with E-state index < -0.39 is 0 Å². The fraction of sp³-hybridized carbons (Fsp3) is 0.308. The molecule has 1 fully saturated rings. The molecule has 0 saturated carbocycles. The predicted molar refractivity (Wildman–Crippen MR) is 142 cm³/mol. The van der Waals surface area contributed by atoms with Gasteiger partial charge in [-0.2, -0.15) is 4.98 Å². The van der Waals surface area contributed by atoms with E-state index in [0.717, 1.165) is 16.7 Å². The Bertz CT molecular complexity index is 1410. The van der Waals surface area contributed by atoms with Gasteiger partial charge in [-0.05, 0) is 68.5 Å². The number of benzene rings is 1. The number of amides is 1. The van der Waals surface area contributed by atoms with Crippen LogP contribution in [0.4, 0.5) is 0 Å². The molecule has 0 bridgehead atoms. The van der Waals surface area contributed by atoms with Gasteiger partial charge in [0.15, 0.2) is 0 Å². The zero-order valence-corrected chi connectivity index (χ0v) is 21.7. The molecular weight excluding hydrogens is 466 g/mol. The minimum absolute atomic E-state index is 0.0755. The quantitative estimate of drug-likeness (QED) is 0.329. The summed E-state index contributed by atoms with van der Waals surface area (Å²) in [4.78, 5) is 33.3. The minimum atomic E-state index is -0.308. The van der Waals surface area contributed by atoms with E-state index in [9.17, 15) is 9.59 Å². The molecule has 0 unspecified atom stereocenters. The number of pyridine rings is 1. The van der Waals surface area contributed by atoms with Gasteiger partial charge in [-0.1, -0.05) is 56.0 Å². The van der Waals surface area contributed by atoms with Gasteiger partial charge < -0.3 is 4.74 Å². The van der Waals surface area contributed by atoms with Gasteiger partial charge >= 0.3 is 0 Å². The standard InChI is InChI=1S/C26H27N3O3S2/c1-14(2)18-10-9-16(5)12-20(18)32-23-19(13-21-25(31)29(15(3)4)26(33)34-21)24(30)28-11-7-8-17(6)22(28)27-23/h7-15H,1-6H3/b21-13+. The van der Waals surface area contributed by atoms with E-state index >= 15 is 0 Å². The van der Waals surface area contributed by atoms with Gasteiger partial charge in [-0.15, -0.1) is 0 Å². The van der Waals surface area contributed by atoms with Crippen LogP contribution < -0.4 is 10.3 Å². The summed E-state index contributed by atoms with van der Waals surface area (Å²) in [5, 5.41) is 0. The lowest BCUT2D eigenvalue weighted by atomic mass is 10.0. The number of hydrogen-bond donors (Lipinski definition) is 0. The second-order valence-electron chi connectivity index (χ2n) is 8.96. The van der Waals surface area contributed by atoms with Crippen LogP contribution in [0, 0.1) is 13.8 Å². The summed E-state index contributed by atoms with van der Waals surface area (Å²) in [6.07, 6.45) is 3.23. The molecule has 6 nitrogen and oxygen atoms in total. The molecule has 176 valence electrons. The molecule has 0 aliphatic carbocycles. The number of fused-ring (bicyclic) bond motifs is 1. The summed E-state index contributed by atoms with van der Waals surface area (Å²) in [7, 11) is 0. The molecule has 0 atom stereocenters. The maximum absolute atomic E-state index is 13.6. The lowest BCUT2D eigenvalue weighted by Gasteiger charge is -2.18. The smallest absolute Gasteiger partial charge is 0.269 e. The van der Waals surface area contributed by atoms with Crippen LogP contribution in [0.2, 0.25) is 0 Å². The van der Waals surface area contributed by atoms with Crippen LogP contribution in [-0.4, -0.2) is 30.6 Å². The Morgan fingerprint density at radius 1 is 1.12 bits per heavy atom.